The van der Waals surface area contributed by atoms with Crippen LogP contribution < -0.4 is 0 Å². The summed E-state index contributed by atoms with van der Waals surface area (Å²) < 4.78 is 31.6. The van der Waals surface area contributed by atoms with Gasteiger partial charge < -0.3 is 4.74 Å². The summed E-state index contributed by atoms with van der Waals surface area (Å²) in [6.07, 6.45) is 0. The van der Waals surface area contributed by atoms with Crippen LogP contribution in [0.3, 0.4) is 0 Å². The summed E-state index contributed by atoms with van der Waals surface area (Å²) in [5.41, 5.74) is 1.05. The Labute approximate surface area is 135 Å². The van der Waals surface area contributed by atoms with E-state index < -0.39 is 10.0 Å². The van der Waals surface area contributed by atoms with E-state index in [2.05, 4.69) is 0 Å². The van der Waals surface area contributed by atoms with Crippen molar-refractivity contribution in [1.82, 2.24) is 4.31 Å². The summed E-state index contributed by atoms with van der Waals surface area (Å²) in [6.45, 7) is 1.52. The fraction of sp³-hybridized carbons (Fsp3) is 0.235. The van der Waals surface area contributed by atoms with Gasteiger partial charge >= 0.3 is 0 Å². The number of carbonyl (C=O) groups excluding carboxylic acids is 1. The van der Waals surface area contributed by atoms with Crippen molar-refractivity contribution in [1.29, 1.82) is 0 Å². The molecule has 0 bridgehead atoms. The summed E-state index contributed by atoms with van der Waals surface area (Å²) in [4.78, 5) is 12.5. The largest absolute Gasteiger partial charge is 0.379 e. The fourth-order valence-electron chi connectivity index (χ4n) is 2.47. The first-order valence-electron chi connectivity index (χ1n) is 7.37. The van der Waals surface area contributed by atoms with E-state index in [1.54, 1.807) is 36.4 Å². The number of rotatable bonds is 4. The van der Waals surface area contributed by atoms with Crippen LogP contribution in [0.5, 0.6) is 0 Å². The molecule has 3 rings (SSSR count). The molecule has 1 heterocycles. The maximum Gasteiger partial charge on any atom is 0.243 e. The van der Waals surface area contributed by atoms with Gasteiger partial charge in [0.15, 0.2) is 5.78 Å². The number of ether oxygens (including phenoxy) is 1. The molecule has 0 spiro atoms. The molecule has 0 saturated carbocycles. The van der Waals surface area contributed by atoms with Crippen LogP contribution in [0.15, 0.2) is 59.5 Å². The van der Waals surface area contributed by atoms with Crippen LogP contribution in [-0.2, 0) is 14.8 Å². The molecule has 0 atom stereocenters. The molecule has 1 saturated heterocycles. The monoisotopic (exact) mass is 331 g/mol. The van der Waals surface area contributed by atoms with Gasteiger partial charge in [0, 0.05) is 24.2 Å². The summed E-state index contributed by atoms with van der Waals surface area (Å²) in [6, 6.07) is 15.0. The third-order valence-corrected chi connectivity index (χ3v) is 5.67. The van der Waals surface area contributed by atoms with Gasteiger partial charge in [-0.3, -0.25) is 4.79 Å². The average Bonchev–Trinajstić information content (AvgIpc) is 2.63. The average molecular weight is 331 g/mol. The predicted octanol–water partition coefficient (Wildman–Crippen LogP) is 1.94. The quantitative estimate of drug-likeness (QED) is 0.803. The Kier molecular flexibility index (Phi) is 4.56. The Morgan fingerprint density at radius 2 is 1.43 bits per heavy atom. The minimum atomic E-state index is -3.53. The number of benzene rings is 2. The van der Waals surface area contributed by atoms with E-state index in [-0.39, 0.29) is 10.7 Å². The van der Waals surface area contributed by atoms with Crippen molar-refractivity contribution in [2.75, 3.05) is 26.3 Å². The van der Waals surface area contributed by atoms with Gasteiger partial charge in [-0.2, -0.15) is 4.31 Å². The number of morpholine rings is 1. The lowest BCUT2D eigenvalue weighted by Gasteiger charge is -2.26. The van der Waals surface area contributed by atoms with Gasteiger partial charge in [0.1, 0.15) is 0 Å². The van der Waals surface area contributed by atoms with Crippen LogP contribution in [0.25, 0.3) is 0 Å². The summed E-state index contributed by atoms with van der Waals surface area (Å²) in [7, 11) is -3.53. The SMILES string of the molecule is O=C(c1ccccc1)c1ccc(S(=O)(=O)N2CCOCC2)cc1. The lowest BCUT2D eigenvalue weighted by molar-refractivity contribution is 0.0730. The first-order valence-corrected chi connectivity index (χ1v) is 8.81. The van der Waals surface area contributed by atoms with Crippen molar-refractivity contribution >= 4 is 15.8 Å². The van der Waals surface area contributed by atoms with E-state index in [0.717, 1.165) is 0 Å². The first kappa shape index (κ1) is 15.9. The second kappa shape index (κ2) is 6.62. The van der Waals surface area contributed by atoms with Crippen molar-refractivity contribution in [2.45, 2.75) is 4.90 Å². The Bertz CT molecular complexity index is 779. The van der Waals surface area contributed by atoms with Gasteiger partial charge in [0.05, 0.1) is 18.1 Å². The van der Waals surface area contributed by atoms with E-state index in [1.807, 2.05) is 6.07 Å². The molecule has 2 aromatic carbocycles. The maximum atomic E-state index is 12.5. The minimum Gasteiger partial charge on any atom is -0.379 e. The number of hydrogen-bond donors (Lipinski definition) is 0. The second-order valence-electron chi connectivity index (χ2n) is 5.24. The zero-order valence-corrected chi connectivity index (χ0v) is 13.3. The smallest absolute Gasteiger partial charge is 0.243 e. The third-order valence-electron chi connectivity index (χ3n) is 3.76. The molecule has 120 valence electrons. The lowest BCUT2D eigenvalue weighted by Crippen LogP contribution is -2.40. The summed E-state index contributed by atoms with van der Waals surface area (Å²) in [5, 5.41) is 0. The lowest BCUT2D eigenvalue weighted by atomic mass is 10.0. The van der Waals surface area contributed by atoms with Crippen LogP contribution in [0.1, 0.15) is 15.9 Å². The number of hydrogen-bond acceptors (Lipinski definition) is 4. The fourth-order valence-corrected chi connectivity index (χ4v) is 3.88. The molecular formula is C17H17NO4S. The van der Waals surface area contributed by atoms with E-state index in [0.29, 0.717) is 37.4 Å². The number of nitrogens with zero attached hydrogens (tertiary/aromatic N) is 1. The molecule has 0 aliphatic carbocycles. The number of carbonyl (C=O) groups is 1. The predicted molar refractivity (Wildman–Crippen MR) is 85.9 cm³/mol. The van der Waals surface area contributed by atoms with Crippen molar-refractivity contribution < 1.29 is 17.9 Å². The van der Waals surface area contributed by atoms with Crippen LogP contribution in [0.4, 0.5) is 0 Å². The minimum absolute atomic E-state index is 0.124. The molecule has 1 fully saturated rings. The molecule has 0 aromatic heterocycles. The highest BCUT2D eigenvalue weighted by Gasteiger charge is 2.26. The van der Waals surface area contributed by atoms with E-state index in [9.17, 15) is 13.2 Å². The third kappa shape index (κ3) is 3.34. The molecule has 1 aliphatic rings. The van der Waals surface area contributed by atoms with Gasteiger partial charge in [0.2, 0.25) is 10.0 Å². The van der Waals surface area contributed by atoms with Gasteiger partial charge in [0.25, 0.3) is 0 Å². The Balaban J connectivity index is 1.83. The zero-order chi connectivity index (χ0) is 16.3. The molecule has 6 heteroatoms. The van der Waals surface area contributed by atoms with E-state index >= 15 is 0 Å². The standard InChI is InChI=1S/C17H17NO4S/c19-17(14-4-2-1-3-5-14)15-6-8-16(9-7-15)23(20,21)18-10-12-22-13-11-18/h1-9H,10-13H2. The van der Waals surface area contributed by atoms with Crippen molar-refractivity contribution in [3.8, 4) is 0 Å². The van der Waals surface area contributed by atoms with Crippen LogP contribution in [-0.4, -0.2) is 44.8 Å². The number of sulfonamides is 1. The highest BCUT2D eigenvalue weighted by molar-refractivity contribution is 7.89. The topological polar surface area (TPSA) is 63.7 Å². The summed E-state index contributed by atoms with van der Waals surface area (Å²) in [5.74, 6) is -0.124. The Hall–Kier alpha value is -2.02. The van der Waals surface area contributed by atoms with Crippen LogP contribution >= 0.6 is 0 Å². The molecule has 0 unspecified atom stereocenters. The van der Waals surface area contributed by atoms with Gasteiger partial charge in [-0.05, 0) is 24.3 Å². The highest BCUT2D eigenvalue weighted by atomic mass is 32.2. The molecule has 0 N–H and O–H groups in total. The molecule has 0 radical (unpaired) electrons. The maximum absolute atomic E-state index is 12.5. The van der Waals surface area contributed by atoms with Gasteiger partial charge in [-0.15, -0.1) is 0 Å². The highest BCUT2D eigenvalue weighted by Crippen LogP contribution is 2.19. The van der Waals surface area contributed by atoms with Crippen LogP contribution in [0.2, 0.25) is 0 Å². The van der Waals surface area contributed by atoms with E-state index in [4.69, 9.17) is 4.74 Å². The molecule has 23 heavy (non-hydrogen) atoms. The Morgan fingerprint density at radius 3 is 2.04 bits per heavy atom. The summed E-state index contributed by atoms with van der Waals surface area (Å²) >= 11 is 0. The molecule has 2 aromatic rings. The van der Waals surface area contributed by atoms with Crippen molar-refractivity contribution in [3.05, 3.63) is 65.7 Å². The van der Waals surface area contributed by atoms with Crippen molar-refractivity contribution in [2.24, 2.45) is 0 Å². The molecular weight excluding hydrogens is 314 g/mol. The number of ketones is 1. The van der Waals surface area contributed by atoms with Gasteiger partial charge in [-0.25, -0.2) is 8.42 Å². The first-order chi connectivity index (χ1) is 11.1. The zero-order valence-electron chi connectivity index (χ0n) is 12.5. The molecule has 5 nitrogen and oxygen atoms in total. The molecule has 0 amide bonds. The Morgan fingerprint density at radius 1 is 0.870 bits per heavy atom. The van der Waals surface area contributed by atoms with Crippen LogP contribution in [0, 0.1) is 0 Å². The second-order valence-corrected chi connectivity index (χ2v) is 7.17. The van der Waals surface area contributed by atoms with Crippen molar-refractivity contribution in [3.63, 3.8) is 0 Å². The molecule has 1 aliphatic heterocycles. The van der Waals surface area contributed by atoms with E-state index in [1.165, 1.54) is 16.4 Å². The normalized spacial score (nSPS) is 16.2. The van der Waals surface area contributed by atoms with Gasteiger partial charge in [-0.1, -0.05) is 30.3 Å².